The van der Waals surface area contributed by atoms with Crippen molar-refractivity contribution in [3.8, 4) is 0 Å². The number of hydrogen-bond acceptors (Lipinski definition) is 4. The Labute approximate surface area is 151 Å². The molecule has 2 aromatic carbocycles. The van der Waals surface area contributed by atoms with Crippen molar-refractivity contribution in [2.24, 2.45) is 0 Å². The van der Waals surface area contributed by atoms with Crippen LogP contribution in [0.25, 0.3) is 11.0 Å². The zero-order valence-electron chi connectivity index (χ0n) is 13.6. The number of alkyl halides is 3. The summed E-state index contributed by atoms with van der Waals surface area (Å²) in [5, 5.41) is 12.5. The number of nitrogens with one attached hydrogen (secondary N) is 1. The highest BCUT2D eigenvalue weighted by Crippen LogP contribution is 2.37. The van der Waals surface area contributed by atoms with Crippen molar-refractivity contribution in [3.63, 3.8) is 0 Å². The second kappa shape index (κ2) is 6.95. The third-order valence-corrected chi connectivity index (χ3v) is 4.59. The van der Waals surface area contributed by atoms with Crippen LogP contribution in [0.5, 0.6) is 0 Å². The standard InChI is InChI=1S/C18H14F3NO3S/c1-26-16-5-4-12(8-13(16)18(19,20)21)22-9-10-2-3-11-7-15(17(23)24)25-14(11)6-10/h2-8,22H,9H2,1H3,(H,23,24). The number of thioether (sulfide) groups is 1. The van der Waals surface area contributed by atoms with Gasteiger partial charge in [-0.15, -0.1) is 11.8 Å². The number of aromatic carboxylic acids is 1. The van der Waals surface area contributed by atoms with Crippen LogP contribution in [0.1, 0.15) is 21.7 Å². The Hall–Kier alpha value is -2.61. The number of carboxylic acids is 1. The van der Waals surface area contributed by atoms with Crippen molar-refractivity contribution in [3.05, 3.63) is 59.4 Å². The highest BCUT2D eigenvalue weighted by molar-refractivity contribution is 7.98. The minimum atomic E-state index is -4.42. The highest BCUT2D eigenvalue weighted by Gasteiger charge is 2.33. The number of furan rings is 1. The van der Waals surface area contributed by atoms with Crippen LogP contribution in [0.15, 0.2) is 51.8 Å². The predicted octanol–water partition coefficient (Wildman–Crippen LogP) is 5.48. The van der Waals surface area contributed by atoms with Gasteiger partial charge in [-0.25, -0.2) is 4.79 Å². The van der Waals surface area contributed by atoms with Gasteiger partial charge in [0.05, 0.1) is 5.56 Å². The summed E-state index contributed by atoms with van der Waals surface area (Å²) < 4.78 is 44.6. The first kappa shape index (κ1) is 18.2. The molecule has 0 aliphatic carbocycles. The summed E-state index contributed by atoms with van der Waals surface area (Å²) in [6.45, 7) is 0.273. The first-order valence-electron chi connectivity index (χ1n) is 7.53. The summed E-state index contributed by atoms with van der Waals surface area (Å²) in [6.07, 6.45) is -2.82. The van der Waals surface area contributed by atoms with Gasteiger partial charge in [0.1, 0.15) is 5.58 Å². The molecule has 26 heavy (non-hydrogen) atoms. The Kier molecular flexibility index (Phi) is 4.86. The average molecular weight is 381 g/mol. The molecule has 2 N–H and O–H groups in total. The van der Waals surface area contributed by atoms with Crippen LogP contribution in [0.2, 0.25) is 0 Å². The highest BCUT2D eigenvalue weighted by atomic mass is 32.2. The molecular formula is C18H14F3NO3S. The van der Waals surface area contributed by atoms with Gasteiger partial charge < -0.3 is 14.8 Å². The van der Waals surface area contributed by atoms with E-state index >= 15 is 0 Å². The van der Waals surface area contributed by atoms with Gasteiger partial charge in [0.25, 0.3) is 0 Å². The number of anilines is 1. The van der Waals surface area contributed by atoms with Gasteiger partial charge in [-0.3, -0.25) is 0 Å². The summed E-state index contributed by atoms with van der Waals surface area (Å²) in [5.74, 6) is -1.32. The van der Waals surface area contributed by atoms with E-state index in [-0.39, 0.29) is 17.2 Å². The lowest BCUT2D eigenvalue weighted by Gasteiger charge is -2.14. The van der Waals surface area contributed by atoms with Gasteiger partial charge in [-0.1, -0.05) is 12.1 Å². The number of fused-ring (bicyclic) bond motifs is 1. The van der Waals surface area contributed by atoms with Crippen molar-refractivity contribution >= 4 is 34.4 Å². The molecule has 0 bridgehead atoms. The largest absolute Gasteiger partial charge is 0.475 e. The lowest BCUT2D eigenvalue weighted by molar-refractivity contribution is -0.139. The Bertz CT molecular complexity index is 966. The van der Waals surface area contributed by atoms with E-state index in [1.807, 2.05) is 0 Å². The maximum absolute atomic E-state index is 13.1. The van der Waals surface area contributed by atoms with E-state index in [0.717, 1.165) is 23.4 Å². The number of carbonyl (C=O) groups is 1. The summed E-state index contributed by atoms with van der Waals surface area (Å²) in [6, 6.07) is 10.7. The molecule has 0 atom stereocenters. The molecule has 0 amide bonds. The fraction of sp³-hybridized carbons (Fsp3) is 0.167. The third-order valence-electron chi connectivity index (χ3n) is 3.80. The molecule has 0 fully saturated rings. The number of carboxylic acid groups (broad SMARTS) is 1. The lowest BCUT2D eigenvalue weighted by Crippen LogP contribution is -2.08. The van der Waals surface area contributed by atoms with Crippen LogP contribution in [0.4, 0.5) is 18.9 Å². The van der Waals surface area contributed by atoms with Crippen LogP contribution in [0, 0.1) is 0 Å². The molecule has 0 unspecified atom stereocenters. The zero-order chi connectivity index (χ0) is 18.9. The topological polar surface area (TPSA) is 62.5 Å². The molecule has 0 saturated carbocycles. The molecule has 3 aromatic rings. The molecular weight excluding hydrogens is 367 g/mol. The van der Waals surface area contributed by atoms with Gasteiger partial charge in [-0.05, 0) is 42.2 Å². The van der Waals surface area contributed by atoms with Crippen LogP contribution in [-0.4, -0.2) is 17.3 Å². The zero-order valence-corrected chi connectivity index (χ0v) is 14.4. The van der Waals surface area contributed by atoms with Crippen molar-refractivity contribution in [1.29, 1.82) is 0 Å². The first-order chi connectivity index (χ1) is 12.3. The minimum absolute atomic E-state index is 0.160. The van der Waals surface area contributed by atoms with E-state index in [1.165, 1.54) is 12.1 Å². The monoisotopic (exact) mass is 381 g/mol. The molecule has 4 nitrogen and oxygen atoms in total. The van der Waals surface area contributed by atoms with Gasteiger partial charge in [0.2, 0.25) is 5.76 Å². The van der Waals surface area contributed by atoms with Crippen LogP contribution in [0.3, 0.4) is 0 Å². The van der Waals surface area contributed by atoms with Gasteiger partial charge in [0, 0.05) is 22.5 Å². The minimum Gasteiger partial charge on any atom is -0.475 e. The lowest BCUT2D eigenvalue weighted by atomic mass is 10.1. The molecule has 0 radical (unpaired) electrons. The molecule has 0 spiro atoms. The van der Waals surface area contributed by atoms with E-state index in [9.17, 15) is 18.0 Å². The van der Waals surface area contributed by atoms with Crippen molar-refractivity contribution < 1.29 is 27.5 Å². The molecule has 8 heteroatoms. The summed E-state index contributed by atoms with van der Waals surface area (Å²) in [7, 11) is 0. The van der Waals surface area contributed by atoms with E-state index in [1.54, 1.807) is 30.5 Å². The molecule has 0 saturated heterocycles. The van der Waals surface area contributed by atoms with E-state index in [0.29, 0.717) is 16.7 Å². The molecule has 0 aliphatic rings. The van der Waals surface area contributed by atoms with Crippen LogP contribution >= 0.6 is 11.8 Å². The maximum atomic E-state index is 13.1. The van der Waals surface area contributed by atoms with E-state index < -0.39 is 17.7 Å². The SMILES string of the molecule is CSc1ccc(NCc2ccc3cc(C(=O)O)oc3c2)cc1C(F)(F)F. The van der Waals surface area contributed by atoms with Crippen molar-refractivity contribution in [1.82, 2.24) is 0 Å². The quantitative estimate of drug-likeness (QED) is 0.573. The van der Waals surface area contributed by atoms with Crippen molar-refractivity contribution in [2.45, 2.75) is 17.6 Å². The smallest absolute Gasteiger partial charge is 0.417 e. The van der Waals surface area contributed by atoms with Crippen LogP contribution in [-0.2, 0) is 12.7 Å². The number of halogens is 3. The van der Waals surface area contributed by atoms with Gasteiger partial charge in [-0.2, -0.15) is 13.2 Å². The Balaban J connectivity index is 1.80. The summed E-state index contributed by atoms with van der Waals surface area (Å²) in [4.78, 5) is 11.1. The number of hydrogen-bond donors (Lipinski definition) is 2. The summed E-state index contributed by atoms with van der Waals surface area (Å²) >= 11 is 1.04. The number of benzene rings is 2. The predicted molar refractivity (Wildman–Crippen MR) is 93.7 cm³/mol. The fourth-order valence-electron chi connectivity index (χ4n) is 2.53. The van der Waals surface area contributed by atoms with Gasteiger partial charge >= 0.3 is 12.1 Å². The molecule has 136 valence electrons. The Morgan fingerprint density at radius 3 is 2.62 bits per heavy atom. The number of rotatable bonds is 5. The average Bonchev–Trinajstić information content (AvgIpc) is 3.02. The van der Waals surface area contributed by atoms with E-state index in [2.05, 4.69) is 5.32 Å². The second-order valence-electron chi connectivity index (χ2n) is 5.55. The molecule has 1 aromatic heterocycles. The Morgan fingerprint density at radius 1 is 1.19 bits per heavy atom. The second-order valence-corrected chi connectivity index (χ2v) is 6.40. The molecule has 3 rings (SSSR count). The normalized spacial score (nSPS) is 11.7. The first-order valence-corrected chi connectivity index (χ1v) is 8.75. The Morgan fingerprint density at radius 2 is 1.96 bits per heavy atom. The van der Waals surface area contributed by atoms with Gasteiger partial charge in [0.15, 0.2) is 0 Å². The molecule has 0 aliphatic heterocycles. The third kappa shape index (κ3) is 3.80. The maximum Gasteiger partial charge on any atom is 0.417 e. The summed E-state index contributed by atoms with van der Waals surface area (Å²) in [5.41, 5.74) is 0.838. The van der Waals surface area contributed by atoms with E-state index in [4.69, 9.17) is 9.52 Å². The molecule has 1 heterocycles. The van der Waals surface area contributed by atoms with Crippen molar-refractivity contribution in [2.75, 3.05) is 11.6 Å². The fourth-order valence-corrected chi connectivity index (χ4v) is 3.13. The van der Waals surface area contributed by atoms with Crippen LogP contribution < -0.4 is 5.32 Å².